The van der Waals surface area contributed by atoms with Crippen molar-refractivity contribution in [3.8, 4) is 11.4 Å². The molecule has 5 aromatic rings. The van der Waals surface area contributed by atoms with Crippen molar-refractivity contribution in [2.24, 2.45) is 0 Å². The highest BCUT2D eigenvalue weighted by molar-refractivity contribution is 6.01. The zero-order valence-electron chi connectivity index (χ0n) is 14.9. The summed E-state index contributed by atoms with van der Waals surface area (Å²) < 4.78 is 15.6. The number of hydrogen-bond acceptors (Lipinski definition) is 5. The highest BCUT2D eigenvalue weighted by Crippen LogP contribution is 2.29. The predicted octanol–water partition coefficient (Wildman–Crippen LogP) is 3.26. The molecular weight excluding hydrogens is 375 g/mol. The van der Waals surface area contributed by atoms with Crippen molar-refractivity contribution in [3.63, 3.8) is 0 Å². The first-order chi connectivity index (χ1) is 14.1. The van der Waals surface area contributed by atoms with Crippen LogP contribution in [0.4, 0.5) is 4.39 Å². The fourth-order valence-corrected chi connectivity index (χ4v) is 3.29. The summed E-state index contributed by atoms with van der Waals surface area (Å²) in [5.74, 6) is -1.48. The first-order valence-corrected chi connectivity index (χ1v) is 8.73. The van der Waals surface area contributed by atoms with Gasteiger partial charge in [-0.25, -0.2) is 19.2 Å². The average Bonchev–Trinajstić information content (AvgIpc) is 3.30. The molecule has 4 aromatic heterocycles. The molecule has 0 bridgehead atoms. The third-order valence-electron chi connectivity index (χ3n) is 4.62. The van der Waals surface area contributed by atoms with Crippen LogP contribution < -0.4 is 0 Å². The number of nitrogens with one attached hydrogen (secondary N) is 1. The minimum absolute atomic E-state index is 0.0273. The molecule has 29 heavy (non-hydrogen) atoms. The third-order valence-corrected chi connectivity index (χ3v) is 4.62. The molecule has 8 nitrogen and oxygen atoms in total. The summed E-state index contributed by atoms with van der Waals surface area (Å²) in [5.41, 5.74) is 3.05. The molecule has 0 spiro atoms. The average molecular weight is 388 g/mol. The standard InChI is InChI=1S/C20H13FN6O2/c21-12-3-4-13-16(6-12)27(10-11-2-1-5-22-7-11)26-17(13)15-9-24-19-18(25-15)14(8-23-19)20(28)29/h1-9H,10H2,(H,23,24)(H,28,29). The summed E-state index contributed by atoms with van der Waals surface area (Å²) in [6, 6.07) is 8.12. The third kappa shape index (κ3) is 2.89. The van der Waals surface area contributed by atoms with E-state index in [-0.39, 0.29) is 16.9 Å². The molecule has 1 aromatic carbocycles. The smallest absolute Gasteiger partial charge is 0.339 e. The van der Waals surface area contributed by atoms with E-state index in [2.05, 4.69) is 25.0 Å². The molecule has 0 radical (unpaired) electrons. The van der Waals surface area contributed by atoms with Crippen molar-refractivity contribution in [2.75, 3.05) is 0 Å². The number of fused-ring (bicyclic) bond motifs is 2. The molecule has 0 amide bonds. The van der Waals surface area contributed by atoms with Crippen molar-refractivity contribution < 1.29 is 14.3 Å². The Labute approximate surface area is 162 Å². The fourth-order valence-electron chi connectivity index (χ4n) is 3.29. The Kier molecular flexibility index (Phi) is 3.80. The van der Waals surface area contributed by atoms with Crippen LogP contribution in [0.1, 0.15) is 15.9 Å². The van der Waals surface area contributed by atoms with Crippen LogP contribution in [-0.4, -0.2) is 40.8 Å². The molecule has 4 heterocycles. The van der Waals surface area contributed by atoms with E-state index in [1.807, 2.05) is 12.1 Å². The Hall–Kier alpha value is -4.14. The molecule has 2 N–H and O–H groups in total. The van der Waals surface area contributed by atoms with Gasteiger partial charge in [-0.15, -0.1) is 0 Å². The number of benzene rings is 1. The van der Waals surface area contributed by atoms with Crippen LogP contribution in [0.5, 0.6) is 0 Å². The van der Waals surface area contributed by atoms with E-state index in [1.165, 1.54) is 24.5 Å². The number of nitrogens with zero attached hydrogens (tertiary/aromatic N) is 5. The number of aromatic nitrogens is 6. The van der Waals surface area contributed by atoms with Crippen LogP contribution in [-0.2, 0) is 6.54 Å². The number of carbonyl (C=O) groups is 1. The quantitative estimate of drug-likeness (QED) is 0.489. The molecule has 0 aliphatic carbocycles. The monoisotopic (exact) mass is 388 g/mol. The summed E-state index contributed by atoms with van der Waals surface area (Å²) >= 11 is 0. The molecule has 5 rings (SSSR count). The first kappa shape index (κ1) is 17.0. The second kappa shape index (κ2) is 6.48. The van der Waals surface area contributed by atoms with Gasteiger partial charge in [-0.05, 0) is 29.8 Å². The van der Waals surface area contributed by atoms with Crippen molar-refractivity contribution in [3.05, 3.63) is 72.1 Å². The van der Waals surface area contributed by atoms with Gasteiger partial charge in [0.1, 0.15) is 28.3 Å². The van der Waals surface area contributed by atoms with Crippen LogP contribution in [0, 0.1) is 5.82 Å². The number of aromatic amines is 1. The zero-order valence-corrected chi connectivity index (χ0v) is 14.9. The second-order valence-electron chi connectivity index (χ2n) is 6.49. The largest absolute Gasteiger partial charge is 0.478 e. The van der Waals surface area contributed by atoms with Gasteiger partial charge in [-0.1, -0.05) is 6.07 Å². The Morgan fingerprint density at radius 1 is 1.24 bits per heavy atom. The topological polar surface area (TPSA) is 110 Å². The van der Waals surface area contributed by atoms with E-state index in [0.717, 1.165) is 5.56 Å². The second-order valence-corrected chi connectivity index (χ2v) is 6.49. The summed E-state index contributed by atoms with van der Waals surface area (Å²) in [7, 11) is 0. The number of H-pyrrole nitrogens is 1. The SMILES string of the molecule is O=C(O)c1c[nH]c2ncc(-c3nn(Cc4cccnc4)c4cc(F)ccc34)nc12. The lowest BCUT2D eigenvalue weighted by Gasteiger charge is -2.03. The first-order valence-electron chi connectivity index (χ1n) is 8.73. The van der Waals surface area contributed by atoms with Gasteiger partial charge >= 0.3 is 5.97 Å². The highest BCUT2D eigenvalue weighted by atomic mass is 19.1. The summed E-state index contributed by atoms with van der Waals surface area (Å²) in [5, 5.41) is 14.7. The molecular formula is C20H13FN6O2. The maximum absolute atomic E-state index is 13.9. The molecule has 0 aliphatic heterocycles. The predicted molar refractivity (Wildman–Crippen MR) is 103 cm³/mol. The minimum Gasteiger partial charge on any atom is -0.478 e. The Morgan fingerprint density at radius 3 is 2.93 bits per heavy atom. The summed E-state index contributed by atoms with van der Waals surface area (Å²) in [6.45, 7) is 0.397. The molecule has 0 aliphatic rings. The lowest BCUT2D eigenvalue weighted by atomic mass is 10.1. The molecule has 142 valence electrons. The van der Waals surface area contributed by atoms with Gasteiger partial charge in [0.2, 0.25) is 0 Å². The fraction of sp³-hybridized carbons (Fsp3) is 0.0500. The number of halogens is 1. The molecule has 0 saturated carbocycles. The molecule has 0 unspecified atom stereocenters. The Morgan fingerprint density at radius 2 is 2.14 bits per heavy atom. The number of rotatable bonds is 4. The highest BCUT2D eigenvalue weighted by Gasteiger charge is 2.18. The summed E-state index contributed by atoms with van der Waals surface area (Å²) in [6.07, 6.45) is 6.27. The number of hydrogen-bond donors (Lipinski definition) is 2. The van der Waals surface area contributed by atoms with Gasteiger partial charge in [-0.3, -0.25) is 9.67 Å². The molecule has 0 saturated heterocycles. The van der Waals surface area contributed by atoms with E-state index < -0.39 is 5.97 Å². The normalized spacial score (nSPS) is 11.3. The van der Waals surface area contributed by atoms with Gasteiger partial charge in [0, 0.05) is 24.0 Å². The van der Waals surface area contributed by atoms with Gasteiger partial charge in [0.25, 0.3) is 0 Å². The number of carboxylic acids is 1. The van der Waals surface area contributed by atoms with Crippen molar-refractivity contribution in [2.45, 2.75) is 6.54 Å². The van der Waals surface area contributed by atoms with Gasteiger partial charge < -0.3 is 10.1 Å². The van der Waals surface area contributed by atoms with E-state index in [4.69, 9.17) is 0 Å². The number of aromatic carboxylic acids is 1. The van der Waals surface area contributed by atoms with Crippen LogP contribution in [0.25, 0.3) is 33.5 Å². The minimum atomic E-state index is -1.10. The van der Waals surface area contributed by atoms with Crippen LogP contribution in [0.3, 0.4) is 0 Å². The maximum Gasteiger partial charge on any atom is 0.339 e. The van der Waals surface area contributed by atoms with Gasteiger partial charge in [0.05, 0.1) is 18.3 Å². The number of carboxylic acid groups (broad SMARTS) is 1. The van der Waals surface area contributed by atoms with Crippen molar-refractivity contribution in [1.82, 2.24) is 29.7 Å². The van der Waals surface area contributed by atoms with Crippen molar-refractivity contribution in [1.29, 1.82) is 0 Å². The van der Waals surface area contributed by atoms with E-state index in [0.29, 0.717) is 34.5 Å². The van der Waals surface area contributed by atoms with E-state index in [9.17, 15) is 14.3 Å². The maximum atomic E-state index is 13.9. The molecule has 0 fully saturated rings. The van der Waals surface area contributed by atoms with Crippen LogP contribution in [0.2, 0.25) is 0 Å². The summed E-state index contributed by atoms with van der Waals surface area (Å²) in [4.78, 5) is 27.0. The molecule has 0 atom stereocenters. The lowest BCUT2D eigenvalue weighted by molar-refractivity contribution is 0.0699. The van der Waals surface area contributed by atoms with Crippen LogP contribution >= 0.6 is 0 Å². The van der Waals surface area contributed by atoms with Crippen LogP contribution in [0.15, 0.2) is 55.1 Å². The lowest BCUT2D eigenvalue weighted by Crippen LogP contribution is -2.02. The van der Waals surface area contributed by atoms with E-state index in [1.54, 1.807) is 23.1 Å². The van der Waals surface area contributed by atoms with Gasteiger partial charge in [0.15, 0.2) is 5.65 Å². The zero-order chi connectivity index (χ0) is 20.0. The van der Waals surface area contributed by atoms with E-state index >= 15 is 0 Å². The molecule has 9 heteroatoms. The Bertz CT molecular complexity index is 1380. The number of pyridine rings is 1. The van der Waals surface area contributed by atoms with Gasteiger partial charge in [-0.2, -0.15) is 5.10 Å². The Balaban J connectivity index is 1.70. The van der Waals surface area contributed by atoms with Crippen molar-refractivity contribution >= 4 is 28.0 Å².